The molecule has 0 unspecified atom stereocenters. The van der Waals surface area contributed by atoms with E-state index in [2.05, 4.69) is 26.0 Å². The molecule has 0 aliphatic carbocycles. The lowest BCUT2D eigenvalue weighted by Crippen LogP contribution is -2.29. The first kappa shape index (κ1) is 19.2. The molecule has 4 nitrogen and oxygen atoms in total. The zero-order valence-corrected chi connectivity index (χ0v) is 16.5. The standard InChI is InChI=1S/C23H27NO3/c1-5-17-8-7-9-18(6-2)22(17)24-14-19(13-21(24)25)23(26)27-20-11-10-15(3)16(4)12-20/h7-12,19H,5-6,13-14H2,1-4H3/t19-/m1/s1. The molecule has 142 valence electrons. The molecular formula is C23H27NO3. The van der Waals surface area contributed by atoms with E-state index < -0.39 is 5.92 Å². The molecule has 0 saturated carbocycles. The quantitative estimate of drug-likeness (QED) is 0.583. The number of carbonyl (C=O) groups excluding carboxylic acids is 2. The molecule has 1 fully saturated rings. The Morgan fingerprint density at radius 3 is 2.33 bits per heavy atom. The number of benzene rings is 2. The van der Waals surface area contributed by atoms with Crippen molar-refractivity contribution < 1.29 is 14.3 Å². The van der Waals surface area contributed by atoms with Crippen molar-refractivity contribution in [1.29, 1.82) is 0 Å². The highest BCUT2D eigenvalue weighted by Crippen LogP contribution is 2.33. The lowest BCUT2D eigenvalue weighted by Gasteiger charge is -2.23. The number of amides is 1. The van der Waals surface area contributed by atoms with Crippen molar-refractivity contribution in [2.45, 2.75) is 47.0 Å². The Kier molecular flexibility index (Phi) is 5.64. The van der Waals surface area contributed by atoms with Gasteiger partial charge in [-0.1, -0.05) is 38.1 Å². The van der Waals surface area contributed by atoms with Gasteiger partial charge >= 0.3 is 5.97 Å². The van der Waals surface area contributed by atoms with Crippen LogP contribution in [0.25, 0.3) is 0 Å². The van der Waals surface area contributed by atoms with Gasteiger partial charge in [-0.25, -0.2) is 0 Å². The van der Waals surface area contributed by atoms with Crippen molar-refractivity contribution in [2.24, 2.45) is 5.92 Å². The predicted octanol–water partition coefficient (Wildman–Crippen LogP) is 4.39. The van der Waals surface area contributed by atoms with E-state index >= 15 is 0 Å². The Labute approximate surface area is 161 Å². The van der Waals surface area contributed by atoms with Gasteiger partial charge in [0.05, 0.1) is 5.92 Å². The molecule has 0 N–H and O–H groups in total. The maximum absolute atomic E-state index is 12.7. The highest BCUT2D eigenvalue weighted by Gasteiger charge is 2.37. The lowest BCUT2D eigenvalue weighted by atomic mass is 10.0. The molecule has 1 atom stereocenters. The Bertz CT molecular complexity index is 850. The number of aryl methyl sites for hydroxylation is 4. The van der Waals surface area contributed by atoms with Gasteiger partial charge < -0.3 is 9.64 Å². The minimum Gasteiger partial charge on any atom is -0.426 e. The number of para-hydroxylation sites is 1. The molecule has 3 rings (SSSR count). The molecule has 2 aromatic carbocycles. The van der Waals surface area contributed by atoms with Gasteiger partial charge in [0.1, 0.15) is 5.75 Å². The molecule has 0 aromatic heterocycles. The number of carbonyl (C=O) groups is 2. The SMILES string of the molecule is CCc1cccc(CC)c1N1C[C@H](C(=O)Oc2ccc(C)c(C)c2)CC1=O. The Morgan fingerprint density at radius 2 is 1.74 bits per heavy atom. The molecule has 1 aliphatic heterocycles. The van der Waals surface area contributed by atoms with Crippen LogP contribution in [-0.2, 0) is 22.4 Å². The van der Waals surface area contributed by atoms with E-state index in [-0.39, 0.29) is 18.3 Å². The number of nitrogens with zero attached hydrogens (tertiary/aromatic N) is 1. The van der Waals surface area contributed by atoms with E-state index in [1.54, 1.807) is 11.0 Å². The van der Waals surface area contributed by atoms with Gasteiger partial charge in [-0.3, -0.25) is 9.59 Å². The van der Waals surface area contributed by atoms with Crippen molar-refractivity contribution >= 4 is 17.6 Å². The summed E-state index contributed by atoms with van der Waals surface area (Å²) in [6.07, 6.45) is 1.90. The fraction of sp³-hybridized carbons (Fsp3) is 0.391. The normalized spacial score (nSPS) is 16.7. The molecule has 0 bridgehead atoms. The first-order valence-electron chi connectivity index (χ1n) is 9.64. The third-order valence-corrected chi connectivity index (χ3v) is 5.39. The zero-order chi connectivity index (χ0) is 19.6. The zero-order valence-electron chi connectivity index (χ0n) is 16.5. The molecule has 1 amide bonds. The van der Waals surface area contributed by atoms with Crippen molar-refractivity contribution in [1.82, 2.24) is 0 Å². The highest BCUT2D eigenvalue weighted by atomic mass is 16.5. The van der Waals surface area contributed by atoms with E-state index in [1.807, 2.05) is 32.0 Å². The number of esters is 1. The molecule has 1 aliphatic rings. The van der Waals surface area contributed by atoms with Crippen LogP contribution in [0.4, 0.5) is 5.69 Å². The summed E-state index contributed by atoms with van der Waals surface area (Å²) >= 11 is 0. The highest BCUT2D eigenvalue weighted by molar-refractivity contribution is 6.00. The Hall–Kier alpha value is -2.62. The maximum atomic E-state index is 12.7. The number of anilines is 1. The largest absolute Gasteiger partial charge is 0.426 e. The van der Waals surface area contributed by atoms with Gasteiger partial charge in [-0.15, -0.1) is 0 Å². The van der Waals surface area contributed by atoms with Crippen LogP contribution < -0.4 is 9.64 Å². The van der Waals surface area contributed by atoms with Crippen LogP contribution in [0.3, 0.4) is 0 Å². The third kappa shape index (κ3) is 3.90. The van der Waals surface area contributed by atoms with Gasteiger partial charge in [0.2, 0.25) is 5.91 Å². The number of hydrogen-bond acceptors (Lipinski definition) is 3. The predicted molar refractivity (Wildman–Crippen MR) is 107 cm³/mol. The first-order chi connectivity index (χ1) is 12.9. The van der Waals surface area contributed by atoms with Crippen LogP contribution in [0, 0.1) is 19.8 Å². The number of ether oxygens (including phenoxy) is 1. The van der Waals surface area contributed by atoms with Crippen LogP contribution in [0.15, 0.2) is 36.4 Å². The second kappa shape index (κ2) is 7.95. The van der Waals surface area contributed by atoms with Gasteiger partial charge in [-0.05, 0) is 61.1 Å². The summed E-state index contributed by atoms with van der Waals surface area (Å²) in [4.78, 5) is 27.1. The molecular weight excluding hydrogens is 338 g/mol. The average Bonchev–Trinajstić information content (AvgIpc) is 3.05. The monoisotopic (exact) mass is 365 g/mol. The summed E-state index contributed by atoms with van der Waals surface area (Å²) in [7, 11) is 0. The summed E-state index contributed by atoms with van der Waals surface area (Å²) in [6.45, 7) is 8.56. The van der Waals surface area contributed by atoms with Crippen LogP contribution in [-0.4, -0.2) is 18.4 Å². The van der Waals surface area contributed by atoms with Gasteiger partial charge in [0, 0.05) is 18.7 Å². The minimum atomic E-state index is -0.436. The van der Waals surface area contributed by atoms with E-state index in [9.17, 15) is 9.59 Å². The fourth-order valence-corrected chi connectivity index (χ4v) is 3.62. The van der Waals surface area contributed by atoms with Crippen LogP contribution in [0.5, 0.6) is 5.75 Å². The molecule has 0 radical (unpaired) electrons. The first-order valence-corrected chi connectivity index (χ1v) is 9.64. The molecule has 1 saturated heterocycles. The van der Waals surface area contributed by atoms with Crippen LogP contribution >= 0.6 is 0 Å². The number of rotatable bonds is 5. The number of hydrogen-bond donors (Lipinski definition) is 0. The summed E-state index contributed by atoms with van der Waals surface area (Å²) < 4.78 is 5.56. The second-order valence-corrected chi connectivity index (χ2v) is 7.20. The molecule has 4 heteroatoms. The third-order valence-electron chi connectivity index (χ3n) is 5.39. The van der Waals surface area contributed by atoms with Gasteiger partial charge in [0.15, 0.2) is 0 Å². The lowest BCUT2D eigenvalue weighted by molar-refractivity contribution is -0.139. The van der Waals surface area contributed by atoms with E-state index in [4.69, 9.17) is 4.74 Å². The maximum Gasteiger partial charge on any atom is 0.316 e. The van der Waals surface area contributed by atoms with Crippen LogP contribution in [0.1, 0.15) is 42.5 Å². The average molecular weight is 365 g/mol. The molecule has 1 heterocycles. The van der Waals surface area contributed by atoms with Crippen molar-refractivity contribution in [3.05, 3.63) is 58.7 Å². The van der Waals surface area contributed by atoms with E-state index in [0.717, 1.165) is 40.8 Å². The minimum absolute atomic E-state index is 0.00682. The molecule has 0 spiro atoms. The second-order valence-electron chi connectivity index (χ2n) is 7.20. The summed E-state index contributed by atoms with van der Waals surface area (Å²) in [5.74, 6) is -0.236. The van der Waals surface area contributed by atoms with Crippen molar-refractivity contribution in [3.63, 3.8) is 0 Å². The summed E-state index contributed by atoms with van der Waals surface area (Å²) in [6, 6.07) is 11.8. The summed E-state index contributed by atoms with van der Waals surface area (Å²) in [5, 5.41) is 0. The molecule has 2 aromatic rings. The van der Waals surface area contributed by atoms with Gasteiger partial charge in [-0.2, -0.15) is 0 Å². The van der Waals surface area contributed by atoms with Gasteiger partial charge in [0.25, 0.3) is 0 Å². The van der Waals surface area contributed by atoms with E-state index in [0.29, 0.717) is 12.3 Å². The van der Waals surface area contributed by atoms with Crippen molar-refractivity contribution in [2.75, 3.05) is 11.4 Å². The Morgan fingerprint density at radius 1 is 1.07 bits per heavy atom. The molecule has 27 heavy (non-hydrogen) atoms. The fourth-order valence-electron chi connectivity index (χ4n) is 3.62. The summed E-state index contributed by atoms with van der Waals surface area (Å²) in [5.41, 5.74) is 5.50. The van der Waals surface area contributed by atoms with E-state index in [1.165, 1.54) is 0 Å². The topological polar surface area (TPSA) is 46.6 Å². The van der Waals surface area contributed by atoms with Crippen molar-refractivity contribution in [3.8, 4) is 5.75 Å². The van der Waals surface area contributed by atoms with Crippen LogP contribution in [0.2, 0.25) is 0 Å². The Balaban J connectivity index is 1.79. The smallest absolute Gasteiger partial charge is 0.316 e.